The number of nitrogens with zero attached hydrogens (tertiary/aromatic N) is 5. The zero-order valence-electron chi connectivity index (χ0n) is 22.5. The molecule has 1 unspecified atom stereocenters. The lowest BCUT2D eigenvalue weighted by Gasteiger charge is -2.18. The zero-order chi connectivity index (χ0) is 29.9. The Morgan fingerprint density at radius 1 is 1.12 bits per heavy atom. The molecule has 216 valence electrons. The summed E-state index contributed by atoms with van der Waals surface area (Å²) < 4.78 is 42.2. The topological polar surface area (TPSA) is 144 Å². The van der Waals surface area contributed by atoms with E-state index in [4.69, 9.17) is 5.11 Å². The number of hydrogen-bond donors (Lipinski definition) is 3. The summed E-state index contributed by atoms with van der Waals surface area (Å²) >= 11 is 0. The molecule has 0 aliphatic rings. The number of hydrogen-bond acceptors (Lipinski definition) is 6. The minimum Gasteiger partial charge on any atom is -0.481 e. The number of carbonyl (C=O) groups excluding carboxylic acids is 2. The molecule has 41 heavy (non-hydrogen) atoms. The quantitative estimate of drug-likeness (QED) is 0.261. The number of aromatic nitrogens is 5. The van der Waals surface area contributed by atoms with Gasteiger partial charge in [-0.2, -0.15) is 13.2 Å². The highest BCUT2D eigenvalue weighted by Crippen LogP contribution is 2.29. The highest BCUT2D eigenvalue weighted by molar-refractivity contribution is 6.00. The molecule has 0 saturated heterocycles. The lowest BCUT2D eigenvalue weighted by Crippen LogP contribution is -2.24. The van der Waals surface area contributed by atoms with Crippen LogP contribution in [0.3, 0.4) is 0 Å². The van der Waals surface area contributed by atoms with E-state index in [1.807, 2.05) is 19.2 Å². The highest BCUT2D eigenvalue weighted by Gasteiger charge is 2.38. The Morgan fingerprint density at radius 3 is 2.56 bits per heavy atom. The number of aryl methyl sites for hydroxylation is 2. The number of carboxylic acid groups (broad SMARTS) is 1. The molecule has 2 amide bonds. The van der Waals surface area contributed by atoms with Gasteiger partial charge in [0.15, 0.2) is 0 Å². The van der Waals surface area contributed by atoms with Crippen molar-refractivity contribution >= 4 is 34.4 Å². The molecule has 0 bridgehead atoms. The molecule has 0 fully saturated rings. The van der Waals surface area contributed by atoms with Gasteiger partial charge in [-0.05, 0) is 72.0 Å². The number of halogens is 3. The molecule has 0 aliphatic heterocycles. The number of aliphatic carboxylic acids is 1. The van der Waals surface area contributed by atoms with Crippen molar-refractivity contribution in [2.75, 3.05) is 12.4 Å². The molecule has 14 heteroatoms. The van der Waals surface area contributed by atoms with Crippen LogP contribution < -0.4 is 10.6 Å². The second kappa shape index (κ2) is 11.8. The van der Waals surface area contributed by atoms with Crippen LogP contribution in [0.25, 0.3) is 10.9 Å². The van der Waals surface area contributed by atoms with Gasteiger partial charge in [-0.1, -0.05) is 18.2 Å². The second-order valence-corrected chi connectivity index (χ2v) is 9.59. The summed E-state index contributed by atoms with van der Waals surface area (Å²) in [6.07, 6.45) is -2.42. The fraction of sp³-hybridized carbons (Fsp3) is 0.333. The van der Waals surface area contributed by atoms with Gasteiger partial charge in [-0.3, -0.25) is 14.4 Å². The van der Waals surface area contributed by atoms with Crippen LogP contribution in [0.2, 0.25) is 0 Å². The van der Waals surface area contributed by atoms with Gasteiger partial charge in [0.25, 0.3) is 11.7 Å². The largest absolute Gasteiger partial charge is 0.481 e. The monoisotopic (exact) mass is 571 g/mol. The zero-order valence-corrected chi connectivity index (χ0v) is 22.5. The van der Waals surface area contributed by atoms with E-state index in [0.29, 0.717) is 45.4 Å². The molecule has 2 aromatic carbocycles. The summed E-state index contributed by atoms with van der Waals surface area (Å²) in [4.78, 5) is 36.7. The fourth-order valence-electron chi connectivity index (χ4n) is 4.57. The third-order valence-electron chi connectivity index (χ3n) is 6.71. The van der Waals surface area contributed by atoms with Crippen molar-refractivity contribution in [3.8, 4) is 0 Å². The Bertz CT molecular complexity index is 1610. The summed E-state index contributed by atoms with van der Waals surface area (Å²) in [6.45, 7) is 3.27. The van der Waals surface area contributed by atoms with Gasteiger partial charge in [-0.25, -0.2) is 4.68 Å². The van der Waals surface area contributed by atoms with Crippen molar-refractivity contribution in [1.82, 2.24) is 30.1 Å². The van der Waals surface area contributed by atoms with Gasteiger partial charge in [0, 0.05) is 41.8 Å². The number of benzene rings is 2. The lowest BCUT2D eigenvalue weighted by atomic mass is 10.0. The number of amides is 2. The van der Waals surface area contributed by atoms with Crippen molar-refractivity contribution in [2.24, 2.45) is 0 Å². The van der Waals surface area contributed by atoms with Gasteiger partial charge in [0.2, 0.25) is 5.91 Å². The molecule has 0 radical (unpaired) electrons. The normalized spacial score (nSPS) is 12.3. The first-order valence-corrected chi connectivity index (χ1v) is 12.7. The molecule has 4 aromatic rings. The van der Waals surface area contributed by atoms with Crippen LogP contribution in [0.5, 0.6) is 0 Å². The van der Waals surface area contributed by atoms with E-state index >= 15 is 0 Å². The second-order valence-electron chi connectivity index (χ2n) is 9.59. The molecule has 11 nitrogen and oxygen atoms in total. The number of tetrazole rings is 1. The highest BCUT2D eigenvalue weighted by atomic mass is 19.4. The predicted octanol–water partition coefficient (Wildman–Crippen LogP) is 3.97. The number of rotatable bonds is 10. The van der Waals surface area contributed by atoms with E-state index in [1.165, 1.54) is 13.1 Å². The first-order valence-electron chi connectivity index (χ1n) is 12.7. The first kappa shape index (κ1) is 29.2. The van der Waals surface area contributed by atoms with E-state index in [-0.39, 0.29) is 18.9 Å². The average molecular weight is 572 g/mol. The number of alkyl halides is 3. The molecule has 3 N–H and O–H groups in total. The van der Waals surface area contributed by atoms with E-state index in [0.717, 1.165) is 10.9 Å². The van der Waals surface area contributed by atoms with E-state index in [1.54, 1.807) is 35.8 Å². The molecule has 1 atom stereocenters. The molecular formula is C27H28F3N7O4. The van der Waals surface area contributed by atoms with Crippen molar-refractivity contribution in [2.45, 2.75) is 51.9 Å². The summed E-state index contributed by atoms with van der Waals surface area (Å²) in [5, 5.41) is 25.0. The summed E-state index contributed by atoms with van der Waals surface area (Å²) in [6, 6.07) is 9.23. The van der Waals surface area contributed by atoms with Gasteiger partial charge in [0.05, 0.1) is 6.54 Å². The Hall–Kier alpha value is -4.75. The van der Waals surface area contributed by atoms with E-state index < -0.39 is 29.9 Å². The number of anilines is 1. The van der Waals surface area contributed by atoms with Crippen LogP contribution in [0.1, 0.15) is 58.7 Å². The van der Waals surface area contributed by atoms with Crippen LogP contribution in [-0.2, 0) is 28.7 Å². The van der Waals surface area contributed by atoms with Gasteiger partial charge in [-0.15, -0.1) is 5.10 Å². The maximum absolute atomic E-state index is 13.5. The molecule has 0 saturated carbocycles. The molecule has 0 spiro atoms. The maximum atomic E-state index is 13.5. The van der Waals surface area contributed by atoms with Crippen LogP contribution in [-0.4, -0.2) is 54.7 Å². The van der Waals surface area contributed by atoms with Gasteiger partial charge in [0.1, 0.15) is 6.04 Å². The lowest BCUT2D eigenvalue weighted by molar-refractivity contribution is -0.147. The Morgan fingerprint density at radius 2 is 1.88 bits per heavy atom. The van der Waals surface area contributed by atoms with Crippen LogP contribution in [0, 0.1) is 6.92 Å². The maximum Gasteiger partial charge on any atom is 0.453 e. The standard InChI is InChI=1S/C27H28F3N7O4/c1-15-13-36(22-12-19(25(41)31-3)9-10-20(15)22)16(2)24(40)32-21-11-17(7-8-18(21)5-4-6-23(38)39)14-37-26(27(28,29)30)33-34-35-37/h7-13,16H,4-6,14H2,1-3H3,(H,31,41)(H,32,40)(H,38,39). The number of fused-ring (bicyclic) bond motifs is 1. The molecule has 2 heterocycles. The minimum absolute atomic E-state index is 0.0899. The number of carbonyl (C=O) groups is 3. The average Bonchev–Trinajstić information content (AvgIpc) is 3.53. The van der Waals surface area contributed by atoms with Crippen LogP contribution in [0.4, 0.5) is 18.9 Å². The van der Waals surface area contributed by atoms with E-state index in [9.17, 15) is 27.6 Å². The molecule has 0 aliphatic carbocycles. The Labute approximate surface area is 232 Å². The number of nitrogens with one attached hydrogen (secondary N) is 2. The van der Waals surface area contributed by atoms with Crippen molar-refractivity contribution in [3.63, 3.8) is 0 Å². The van der Waals surface area contributed by atoms with Gasteiger partial charge < -0.3 is 20.3 Å². The SMILES string of the molecule is CNC(=O)c1ccc2c(C)cn(C(C)C(=O)Nc3cc(Cn4nnnc4C(F)(F)F)ccc3CCCC(=O)O)c2c1. The van der Waals surface area contributed by atoms with Gasteiger partial charge >= 0.3 is 12.1 Å². The third-order valence-corrected chi connectivity index (χ3v) is 6.71. The summed E-state index contributed by atoms with van der Waals surface area (Å²) in [7, 11) is 1.53. The van der Waals surface area contributed by atoms with Crippen molar-refractivity contribution < 1.29 is 32.7 Å². The molecule has 4 rings (SSSR count). The van der Waals surface area contributed by atoms with Crippen LogP contribution in [0.15, 0.2) is 42.6 Å². The van der Waals surface area contributed by atoms with Crippen molar-refractivity contribution in [3.05, 3.63) is 70.7 Å². The van der Waals surface area contributed by atoms with Crippen LogP contribution >= 0.6 is 0 Å². The first-order chi connectivity index (χ1) is 19.4. The fourth-order valence-corrected chi connectivity index (χ4v) is 4.57. The molecule has 2 aromatic heterocycles. The van der Waals surface area contributed by atoms with E-state index in [2.05, 4.69) is 26.2 Å². The Kier molecular flexibility index (Phi) is 8.40. The Balaban J connectivity index is 1.65. The summed E-state index contributed by atoms with van der Waals surface area (Å²) in [5.74, 6) is -2.91. The third kappa shape index (κ3) is 6.53. The predicted molar refractivity (Wildman–Crippen MR) is 142 cm³/mol. The minimum atomic E-state index is -4.75. The number of carboxylic acids is 1. The van der Waals surface area contributed by atoms with Crippen molar-refractivity contribution in [1.29, 1.82) is 0 Å². The summed E-state index contributed by atoms with van der Waals surface area (Å²) in [5.41, 5.74) is 3.37. The smallest absolute Gasteiger partial charge is 0.453 e. The molecular weight excluding hydrogens is 543 g/mol.